The molecule has 0 bridgehead atoms. The molecule has 0 fully saturated rings. The van der Waals surface area contributed by atoms with Crippen LogP contribution >= 0.6 is 0 Å². The number of benzene rings is 2. The molecule has 0 aliphatic rings. The molecule has 162 valence electrons. The smallest absolute Gasteiger partial charge is 0.252 e. The Morgan fingerprint density at radius 1 is 0.906 bits per heavy atom. The summed E-state index contributed by atoms with van der Waals surface area (Å²) in [6.07, 6.45) is 1.56. The molecule has 0 aliphatic heterocycles. The normalized spacial score (nSPS) is 10.8. The lowest BCUT2D eigenvalue weighted by Gasteiger charge is -2.10. The van der Waals surface area contributed by atoms with E-state index in [9.17, 15) is 9.59 Å². The molecule has 4 rings (SSSR count). The van der Waals surface area contributed by atoms with Crippen molar-refractivity contribution in [2.75, 3.05) is 13.1 Å². The van der Waals surface area contributed by atoms with Crippen LogP contribution in [0, 0.1) is 6.92 Å². The predicted octanol–water partition coefficient (Wildman–Crippen LogP) is 4.10. The highest BCUT2D eigenvalue weighted by atomic mass is 16.2. The summed E-state index contributed by atoms with van der Waals surface area (Å²) >= 11 is 0. The number of fused-ring (bicyclic) bond motifs is 1. The average molecular weight is 428 g/mol. The molecule has 0 spiro atoms. The Labute approximate surface area is 186 Å². The van der Waals surface area contributed by atoms with Crippen LogP contribution in [0.25, 0.3) is 33.4 Å². The summed E-state index contributed by atoms with van der Waals surface area (Å²) < 4.78 is 0. The van der Waals surface area contributed by atoms with Crippen molar-refractivity contribution >= 4 is 22.7 Å². The Bertz CT molecular complexity index is 1290. The van der Waals surface area contributed by atoms with E-state index in [4.69, 9.17) is 0 Å². The molecule has 32 heavy (non-hydrogen) atoms. The molecule has 0 saturated carbocycles. The van der Waals surface area contributed by atoms with Crippen molar-refractivity contribution in [2.45, 2.75) is 20.8 Å². The topological polar surface area (TPSA) is 99.8 Å². The van der Waals surface area contributed by atoms with Gasteiger partial charge in [0.15, 0.2) is 0 Å². The zero-order valence-corrected chi connectivity index (χ0v) is 18.3. The van der Waals surface area contributed by atoms with E-state index in [1.807, 2.05) is 57.2 Å². The van der Waals surface area contributed by atoms with Crippen molar-refractivity contribution < 1.29 is 9.59 Å². The van der Waals surface area contributed by atoms with Gasteiger partial charge in [0.2, 0.25) is 0 Å². The summed E-state index contributed by atoms with van der Waals surface area (Å²) in [7, 11) is 0. The first-order valence-corrected chi connectivity index (χ1v) is 10.6. The van der Waals surface area contributed by atoms with Gasteiger partial charge in [0, 0.05) is 30.2 Å². The van der Waals surface area contributed by atoms with Gasteiger partial charge >= 0.3 is 0 Å². The third-order valence-electron chi connectivity index (χ3n) is 5.32. The summed E-state index contributed by atoms with van der Waals surface area (Å²) in [6.45, 7) is 6.96. The van der Waals surface area contributed by atoms with Gasteiger partial charge in [-0.05, 0) is 73.9 Å². The van der Waals surface area contributed by atoms with Crippen LogP contribution in [0.5, 0.6) is 0 Å². The van der Waals surface area contributed by atoms with E-state index < -0.39 is 0 Å². The summed E-state index contributed by atoms with van der Waals surface area (Å²) in [4.78, 5) is 28.6. The van der Waals surface area contributed by atoms with Crippen molar-refractivity contribution in [1.82, 2.24) is 25.8 Å². The lowest BCUT2D eigenvalue weighted by Crippen LogP contribution is -2.22. The van der Waals surface area contributed by atoms with Crippen LogP contribution in [-0.2, 0) is 0 Å². The van der Waals surface area contributed by atoms with Crippen LogP contribution in [0.1, 0.15) is 40.1 Å². The Balaban J connectivity index is 1.67. The molecule has 0 atom stereocenters. The molecule has 4 aromatic rings. The maximum atomic E-state index is 12.3. The molecule has 2 aromatic carbocycles. The number of aromatic nitrogens is 3. The fourth-order valence-corrected chi connectivity index (χ4v) is 3.65. The minimum atomic E-state index is -0.145. The van der Waals surface area contributed by atoms with Gasteiger partial charge in [-0.25, -0.2) is 0 Å². The maximum Gasteiger partial charge on any atom is 0.252 e. The number of aryl methyl sites for hydroxylation is 1. The number of hydrogen-bond acceptors (Lipinski definition) is 4. The number of aromatic amines is 1. The molecule has 3 N–H and O–H groups in total. The van der Waals surface area contributed by atoms with Crippen LogP contribution in [0.3, 0.4) is 0 Å². The Morgan fingerprint density at radius 2 is 1.62 bits per heavy atom. The maximum absolute atomic E-state index is 12.3. The molecule has 0 aliphatic carbocycles. The molecular formula is C25H25N5O2. The number of nitrogens with one attached hydrogen (secondary N) is 3. The number of carbonyl (C=O) groups is 2. The third-order valence-corrected chi connectivity index (χ3v) is 5.32. The third kappa shape index (κ3) is 4.09. The highest BCUT2D eigenvalue weighted by molar-refractivity contribution is 5.98. The van der Waals surface area contributed by atoms with Gasteiger partial charge in [0.05, 0.1) is 16.8 Å². The number of amides is 2. The Morgan fingerprint density at radius 3 is 2.31 bits per heavy atom. The molecule has 7 heteroatoms. The van der Waals surface area contributed by atoms with Crippen LogP contribution in [0.4, 0.5) is 0 Å². The molecule has 0 radical (unpaired) electrons. The minimum Gasteiger partial charge on any atom is -0.352 e. The standard InChI is InChI=1S/C25H25N5O2/c1-4-26-24(31)17-7-6-15(3)20(12-17)16-8-10-19-22(13-16)29-30-23(19)21-11-9-18(14-28-21)25(32)27-5-2/h6-14H,4-5H2,1-3H3,(H,26,31)(H,27,32)(H,29,30). The largest absolute Gasteiger partial charge is 0.352 e. The van der Waals surface area contributed by atoms with Crippen molar-refractivity contribution in [2.24, 2.45) is 0 Å². The van der Waals surface area contributed by atoms with E-state index in [1.165, 1.54) is 0 Å². The molecule has 0 saturated heterocycles. The quantitative estimate of drug-likeness (QED) is 0.431. The van der Waals surface area contributed by atoms with E-state index in [1.54, 1.807) is 18.3 Å². The fraction of sp³-hybridized carbons (Fsp3) is 0.200. The summed E-state index contributed by atoms with van der Waals surface area (Å²) in [5.74, 6) is -0.228. The Hall–Kier alpha value is -4.00. The lowest BCUT2D eigenvalue weighted by molar-refractivity contribution is 0.0947. The number of rotatable bonds is 6. The van der Waals surface area contributed by atoms with Crippen molar-refractivity contribution in [3.63, 3.8) is 0 Å². The van der Waals surface area contributed by atoms with E-state index in [-0.39, 0.29) is 11.8 Å². The van der Waals surface area contributed by atoms with Gasteiger partial charge in [0.1, 0.15) is 5.69 Å². The fourth-order valence-electron chi connectivity index (χ4n) is 3.65. The predicted molar refractivity (Wildman–Crippen MR) is 126 cm³/mol. The van der Waals surface area contributed by atoms with E-state index in [0.29, 0.717) is 29.9 Å². The van der Waals surface area contributed by atoms with Gasteiger partial charge in [-0.1, -0.05) is 12.1 Å². The minimum absolute atomic E-state index is 0.0826. The summed E-state index contributed by atoms with van der Waals surface area (Å²) in [6, 6.07) is 15.3. The second-order valence-electron chi connectivity index (χ2n) is 7.51. The average Bonchev–Trinajstić information content (AvgIpc) is 3.23. The number of H-pyrrole nitrogens is 1. The van der Waals surface area contributed by atoms with Crippen LogP contribution in [-0.4, -0.2) is 40.1 Å². The monoisotopic (exact) mass is 427 g/mol. The van der Waals surface area contributed by atoms with Crippen LogP contribution in [0.2, 0.25) is 0 Å². The van der Waals surface area contributed by atoms with E-state index in [2.05, 4.69) is 25.8 Å². The number of pyridine rings is 1. The second-order valence-corrected chi connectivity index (χ2v) is 7.51. The first kappa shape index (κ1) is 21.2. The first-order valence-electron chi connectivity index (χ1n) is 10.6. The summed E-state index contributed by atoms with van der Waals surface area (Å²) in [5.41, 5.74) is 6.50. The highest BCUT2D eigenvalue weighted by Gasteiger charge is 2.14. The molecule has 2 aromatic heterocycles. The van der Waals surface area contributed by atoms with Crippen molar-refractivity contribution in [3.05, 3.63) is 71.4 Å². The van der Waals surface area contributed by atoms with E-state index in [0.717, 1.165) is 33.3 Å². The second kappa shape index (κ2) is 9.01. The highest BCUT2D eigenvalue weighted by Crippen LogP contribution is 2.31. The summed E-state index contributed by atoms with van der Waals surface area (Å²) in [5, 5.41) is 14.1. The molecular weight excluding hydrogens is 402 g/mol. The number of nitrogens with zero attached hydrogens (tertiary/aromatic N) is 2. The number of carbonyl (C=O) groups excluding carboxylic acids is 2. The lowest BCUT2D eigenvalue weighted by atomic mass is 9.96. The van der Waals surface area contributed by atoms with E-state index >= 15 is 0 Å². The van der Waals surface area contributed by atoms with Gasteiger partial charge < -0.3 is 10.6 Å². The zero-order valence-electron chi connectivity index (χ0n) is 18.3. The van der Waals surface area contributed by atoms with Crippen molar-refractivity contribution in [3.8, 4) is 22.5 Å². The van der Waals surface area contributed by atoms with Crippen LogP contribution < -0.4 is 10.6 Å². The van der Waals surface area contributed by atoms with Crippen LogP contribution in [0.15, 0.2) is 54.7 Å². The Kier molecular flexibility index (Phi) is 5.98. The van der Waals surface area contributed by atoms with Gasteiger partial charge in [0.25, 0.3) is 11.8 Å². The molecule has 2 amide bonds. The van der Waals surface area contributed by atoms with Gasteiger partial charge in [-0.2, -0.15) is 5.10 Å². The van der Waals surface area contributed by atoms with Gasteiger partial charge in [-0.15, -0.1) is 0 Å². The van der Waals surface area contributed by atoms with Gasteiger partial charge in [-0.3, -0.25) is 19.7 Å². The zero-order chi connectivity index (χ0) is 22.7. The molecule has 7 nitrogen and oxygen atoms in total. The SMILES string of the molecule is CCNC(=O)c1ccc(-c2n[nH]c3cc(-c4cc(C(=O)NCC)ccc4C)ccc23)nc1. The van der Waals surface area contributed by atoms with Crippen molar-refractivity contribution in [1.29, 1.82) is 0 Å². The first-order chi connectivity index (χ1) is 15.5. The number of hydrogen-bond donors (Lipinski definition) is 3. The molecule has 0 unspecified atom stereocenters. The molecule has 2 heterocycles.